The third-order valence-electron chi connectivity index (χ3n) is 1.97. The van der Waals surface area contributed by atoms with Crippen molar-refractivity contribution in [1.82, 2.24) is 0 Å². The summed E-state index contributed by atoms with van der Waals surface area (Å²) < 4.78 is 10.2. The molecule has 0 saturated carbocycles. The van der Waals surface area contributed by atoms with Crippen molar-refractivity contribution in [3.05, 3.63) is 18.2 Å². The summed E-state index contributed by atoms with van der Waals surface area (Å²) in [4.78, 5) is 11.2. The van der Waals surface area contributed by atoms with E-state index in [9.17, 15) is 4.79 Å². The fourth-order valence-corrected chi connectivity index (χ4v) is 1.21. The minimum Gasteiger partial charge on any atom is -0.454 e. The van der Waals surface area contributed by atoms with Gasteiger partial charge in [-0.3, -0.25) is 4.79 Å². The van der Waals surface area contributed by atoms with E-state index >= 15 is 0 Å². The number of hydrogen-bond donors (Lipinski definition) is 3. The Morgan fingerprint density at radius 2 is 2.19 bits per heavy atom. The van der Waals surface area contributed by atoms with Crippen molar-refractivity contribution in [3.63, 3.8) is 0 Å². The fraction of sp³-hybridized carbons (Fsp3) is 0.111. The van der Waals surface area contributed by atoms with Gasteiger partial charge >= 0.3 is 0 Å². The Hall–Kier alpha value is -2.44. The van der Waals surface area contributed by atoms with Crippen LogP contribution in [0.15, 0.2) is 23.4 Å². The zero-order chi connectivity index (χ0) is 11.5. The van der Waals surface area contributed by atoms with Gasteiger partial charge in [0.15, 0.2) is 11.5 Å². The molecule has 2 rings (SSSR count). The lowest BCUT2D eigenvalue weighted by atomic mass is 10.3. The number of oxime groups is 1. The molecular formula is C9H9N3O4. The van der Waals surface area contributed by atoms with E-state index in [1.165, 1.54) is 0 Å². The van der Waals surface area contributed by atoms with E-state index in [0.29, 0.717) is 17.2 Å². The van der Waals surface area contributed by atoms with Gasteiger partial charge in [0.25, 0.3) is 5.91 Å². The number of ether oxygens (including phenoxy) is 2. The zero-order valence-electron chi connectivity index (χ0n) is 8.14. The number of carbonyl (C=O) groups is 1. The summed E-state index contributed by atoms with van der Waals surface area (Å²) in [6, 6.07) is 4.87. The number of nitrogens with zero attached hydrogens (tertiary/aromatic N) is 1. The molecule has 0 radical (unpaired) electrons. The van der Waals surface area contributed by atoms with Gasteiger partial charge in [-0.15, -0.1) is 0 Å². The molecule has 1 aliphatic heterocycles. The molecule has 0 fully saturated rings. The van der Waals surface area contributed by atoms with Crippen molar-refractivity contribution < 1.29 is 19.5 Å². The number of hydrogen-bond acceptors (Lipinski definition) is 5. The number of amides is 1. The number of nitrogens with two attached hydrogens (primary N) is 1. The van der Waals surface area contributed by atoms with E-state index in [-0.39, 0.29) is 6.79 Å². The van der Waals surface area contributed by atoms with Crippen LogP contribution in [0.2, 0.25) is 0 Å². The number of fused-ring (bicyclic) bond motifs is 1. The average Bonchev–Trinajstić information content (AvgIpc) is 2.75. The molecule has 0 aromatic heterocycles. The predicted molar refractivity (Wildman–Crippen MR) is 54.6 cm³/mol. The maximum absolute atomic E-state index is 11.2. The molecule has 0 spiro atoms. The molecule has 0 unspecified atom stereocenters. The Labute approximate surface area is 90.4 Å². The van der Waals surface area contributed by atoms with Crippen LogP contribution in [0, 0.1) is 0 Å². The van der Waals surface area contributed by atoms with Crippen LogP contribution in [-0.2, 0) is 4.79 Å². The van der Waals surface area contributed by atoms with Crippen LogP contribution in [0.1, 0.15) is 0 Å². The van der Waals surface area contributed by atoms with Gasteiger partial charge in [0.2, 0.25) is 12.6 Å². The standard InChI is InChI=1S/C9H9N3O4/c10-8(12-14)9(13)11-5-1-2-6-7(3-5)16-4-15-6/h1-3,14H,4H2,(H2,10,12)(H,11,13). The van der Waals surface area contributed by atoms with Crippen molar-refractivity contribution in [3.8, 4) is 11.5 Å². The summed E-state index contributed by atoms with van der Waals surface area (Å²) >= 11 is 0. The predicted octanol–water partition coefficient (Wildman–Crippen LogP) is 0.100. The van der Waals surface area contributed by atoms with E-state index in [1.807, 2.05) is 0 Å². The number of benzene rings is 1. The molecule has 7 heteroatoms. The molecule has 16 heavy (non-hydrogen) atoms. The quantitative estimate of drug-likeness (QED) is 0.271. The van der Waals surface area contributed by atoms with Crippen LogP contribution < -0.4 is 20.5 Å². The van der Waals surface area contributed by atoms with Crippen LogP contribution in [0.4, 0.5) is 5.69 Å². The molecule has 0 bridgehead atoms. The molecule has 1 aromatic rings. The molecule has 1 aromatic carbocycles. The van der Waals surface area contributed by atoms with E-state index in [1.54, 1.807) is 18.2 Å². The summed E-state index contributed by atoms with van der Waals surface area (Å²) in [5.41, 5.74) is 5.58. The number of rotatable bonds is 1. The van der Waals surface area contributed by atoms with Gasteiger partial charge in [-0.25, -0.2) is 0 Å². The SMILES string of the molecule is N/C(=N/O)C(=O)Nc1ccc2c(c1)OCO2. The van der Waals surface area contributed by atoms with Crippen LogP contribution >= 0.6 is 0 Å². The highest BCUT2D eigenvalue weighted by Crippen LogP contribution is 2.34. The Morgan fingerprint density at radius 1 is 1.44 bits per heavy atom. The lowest BCUT2D eigenvalue weighted by Gasteiger charge is -2.04. The topological polar surface area (TPSA) is 106 Å². The highest BCUT2D eigenvalue weighted by molar-refractivity contribution is 6.41. The van der Waals surface area contributed by atoms with Gasteiger partial charge in [-0.05, 0) is 12.1 Å². The highest BCUT2D eigenvalue weighted by atomic mass is 16.7. The summed E-state index contributed by atoms with van der Waals surface area (Å²) in [6.45, 7) is 0.160. The molecule has 4 N–H and O–H groups in total. The average molecular weight is 223 g/mol. The smallest absolute Gasteiger partial charge is 0.294 e. The second-order valence-electron chi connectivity index (χ2n) is 3.01. The first-order chi connectivity index (χ1) is 7.70. The van der Waals surface area contributed by atoms with Gasteiger partial charge in [0.1, 0.15) is 0 Å². The molecule has 1 amide bonds. The first-order valence-electron chi connectivity index (χ1n) is 4.39. The Kier molecular flexibility index (Phi) is 2.50. The third kappa shape index (κ3) is 1.83. The van der Waals surface area contributed by atoms with Gasteiger partial charge < -0.3 is 25.7 Å². The summed E-state index contributed by atoms with van der Waals surface area (Å²) in [6.07, 6.45) is 0. The maximum Gasteiger partial charge on any atom is 0.294 e. The van der Waals surface area contributed by atoms with Crippen LogP contribution in [0.3, 0.4) is 0 Å². The highest BCUT2D eigenvalue weighted by Gasteiger charge is 2.15. The molecule has 0 atom stereocenters. The number of amidine groups is 1. The third-order valence-corrected chi connectivity index (χ3v) is 1.97. The van der Waals surface area contributed by atoms with Crippen LogP contribution in [0.5, 0.6) is 11.5 Å². The Morgan fingerprint density at radius 3 is 2.94 bits per heavy atom. The van der Waals surface area contributed by atoms with Crippen molar-refractivity contribution in [2.75, 3.05) is 12.1 Å². The van der Waals surface area contributed by atoms with Crippen LogP contribution in [-0.4, -0.2) is 23.7 Å². The summed E-state index contributed by atoms with van der Waals surface area (Å²) in [7, 11) is 0. The lowest BCUT2D eigenvalue weighted by molar-refractivity contribution is -0.110. The van der Waals surface area contributed by atoms with E-state index < -0.39 is 11.7 Å². The van der Waals surface area contributed by atoms with Crippen LogP contribution in [0.25, 0.3) is 0 Å². The van der Waals surface area contributed by atoms with E-state index in [2.05, 4.69) is 10.5 Å². The van der Waals surface area contributed by atoms with Crippen molar-refractivity contribution in [2.24, 2.45) is 10.9 Å². The first kappa shape index (κ1) is 10.1. The monoisotopic (exact) mass is 223 g/mol. The minimum absolute atomic E-state index is 0.160. The Balaban J connectivity index is 2.14. The molecule has 0 saturated heterocycles. The molecule has 84 valence electrons. The molecule has 1 aliphatic rings. The molecule has 1 heterocycles. The number of carbonyl (C=O) groups excluding carboxylic acids is 1. The van der Waals surface area contributed by atoms with Crippen molar-refractivity contribution in [1.29, 1.82) is 0 Å². The minimum atomic E-state index is -0.693. The second kappa shape index (κ2) is 3.97. The van der Waals surface area contributed by atoms with Gasteiger partial charge in [0, 0.05) is 11.8 Å². The summed E-state index contributed by atoms with van der Waals surface area (Å²) in [5, 5.41) is 13.3. The van der Waals surface area contributed by atoms with E-state index in [4.69, 9.17) is 20.4 Å². The normalized spacial score (nSPS) is 13.6. The molecule has 7 nitrogen and oxygen atoms in total. The zero-order valence-corrected chi connectivity index (χ0v) is 8.14. The van der Waals surface area contributed by atoms with Crippen molar-refractivity contribution >= 4 is 17.4 Å². The first-order valence-corrected chi connectivity index (χ1v) is 4.39. The summed E-state index contributed by atoms with van der Waals surface area (Å²) in [5.74, 6) is -0.0573. The van der Waals surface area contributed by atoms with Crippen molar-refractivity contribution in [2.45, 2.75) is 0 Å². The van der Waals surface area contributed by atoms with Gasteiger partial charge in [-0.1, -0.05) is 5.16 Å². The second-order valence-corrected chi connectivity index (χ2v) is 3.01. The molecule has 0 aliphatic carbocycles. The van der Waals surface area contributed by atoms with Gasteiger partial charge in [-0.2, -0.15) is 0 Å². The molecular weight excluding hydrogens is 214 g/mol. The number of anilines is 1. The fourth-order valence-electron chi connectivity index (χ4n) is 1.21. The Bertz CT molecular complexity index is 458. The maximum atomic E-state index is 11.2. The largest absolute Gasteiger partial charge is 0.454 e. The number of nitrogens with one attached hydrogen (secondary N) is 1. The van der Waals surface area contributed by atoms with E-state index in [0.717, 1.165) is 0 Å². The lowest BCUT2D eigenvalue weighted by Crippen LogP contribution is -2.29. The van der Waals surface area contributed by atoms with Gasteiger partial charge in [0.05, 0.1) is 0 Å².